The average Bonchev–Trinajstić information content (AvgIpc) is 2.85. The van der Waals surface area contributed by atoms with Crippen LogP contribution >= 0.6 is 11.6 Å². The number of ether oxygens (including phenoxy) is 3. The lowest BCUT2D eigenvalue weighted by Crippen LogP contribution is -2.53. The molecule has 0 aromatic heterocycles. The second-order valence-corrected chi connectivity index (χ2v) is 8.05. The highest BCUT2D eigenvalue weighted by Gasteiger charge is 2.35. The Morgan fingerprint density at radius 3 is 2.53 bits per heavy atom. The number of aryl methyl sites for hydroxylation is 1. The molecule has 3 aromatic rings. The molecular formula is C25H24ClN3O5. The molecule has 1 atom stereocenters. The Hall–Kier alpha value is -3.91. The molecule has 9 heteroatoms. The molecule has 3 aromatic carbocycles. The van der Waals surface area contributed by atoms with E-state index < -0.39 is 18.0 Å². The molecule has 0 spiro atoms. The number of benzene rings is 3. The third kappa shape index (κ3) is 4.72. The van der Waals surface area contributed by atoms with Crippen molar-refractivity contribution in [3.05, 3.63) is 82.4 Å². The maximum atomic E-state index is 13.4. The van der Waals surface area contributed by atoms with Crippen LogP contribution in [0.4, 0.5) is 5.69 Å². The smallest absolute Gasteiger partial charge is 0.276 e. The van der Waals surface area contributed by atoms with Gasteiger partial charge in [-0.3, -0.25) is 15.0 Å². The molecule has 0 bridgehead atoms. The van der Waals surface area contributed by atoms with Crippen molar-refractivity contribution in [1.29, 1.82) is 0 Å². The van der Waals surface area contributed by atoms with E-state index in [2.05, 4.69) is 10.7 Å². The number of nitrogens with zero attached hydrogens (tertiary/aromatic N) is 1. The zero-order chi connectivity index (χ0) is 24.2. The van der Waals surface area contributed by atoms with Crippen molar-refractivity contribution < 1.29 is 23.8 Å². The molecule has 1 aliphatic heterocycles. The topological polar surface area (TPSA) is 89.1 Å². The lowest BCUT2D eigenvalue weighted by Gasteiger charge is -2.38. The summed E-state index contributed by atoms with van der Waals surface area (Å²) in [6.45, 7) is 1.62. The summed E-state index contributed by atoms with van der Waals surface area (Å²) in [5.41, 5.74) is 5.18. The quantitative estimate of drug-likeness (QED) is 0.521. The molecule has 0 saturated heterocycles. The first-order chi connectivity index (χ1) is 16.4. The number of hydrazine groups is 1. The maximum absolute atomic E-state index is 13.4. The van der Waals surface area contributed by atoms with Gasteiger partial charge in [-0.1, -0.05) is 35.9 Å². The van der Waals surface area contributed by atoms with Crippen LogP contribution in [0.25, 0.3) is 0 Å². The monoisotopic (exact) mass is 481 g/mol. The van der Waals surface area contributed by atoms with Gasteiger partial charge in [0, 0.05) is 16.3 Å². The number of hydrogen-bond acceptors (Lipinski definition) is 6. The fraction of sp³-hybridized carbons (Fsp3) is 0.200. The van der Waals surface area contributed by atoms with Crippen LogP contribution in [0.3, 0.4) is 0 Å². The van der Waals surface area contributed by atoms with Gasteiger partial charge in [-0.25, -0.2) is 5.01 Å². The molecule has 1 heterocycles. The molecule has 0 aliphatic carbocycles. The van der Waals surface area contributed by atoms with Crippen molar-refractivity contribution in [1.82, 2.24) is 10.4 Å². The van der Waals surface area contributed by atoms with E-state index in [1.807, 2.05) is 25.1 Å². The van der Waals surface area contributed by atoms with Crippen molar-refractivity contribution in [2.24, 2.45) is 0 Å². The van der Waals surface area contributed by atoms with Crippen molar-refractivity contribution in [2.75, 3.05) is 26.1 Å². The molecule has 0 fully saturated rings. The predicted octanol–water partition coefficient (Wildman–Crippen LogP) is 4.34. The molecule has 2 amide bonds. The number of para-hydroxylation sites is 1. The molecule has 176 valence electrons. The summed E-state index contributed by atoms with van der Waals surface area (Å²) >= 11 is 6.12. The van der Waals surface area contributed by atoms with E-state index in [4.69, 9.17) is 25.8 Å². The summed E-state index contributed by atoms with van der Waals surface area (Å²) in [4.78, 5) is 26.2. The highest BCUT2D eigenvalue weighted by atomic mass is 35.5. The molecule has 1 aliphatic rings. The van der Waals surface area contributed by atoms with E-state index in [0.717, 1.165) is 5.56 Å². The van der Waals surface area contributed by atoms with Crippen LogP contribution in [-0.4, -0.2) is 37.6 Å². The molecule has 1 unspecified atom stereocenters. The molecule has 34 heavy (non-hydrogen) atoms. The number of hydrogen-bond donors (Lipinski definition) is 2. The Labute approximate surface area is 202 Å². The minimum absolute atomic E-state index is 0.268. The largest absolute Gasteiger partial charge is 0.493 e. The van der Waals surface area contributed by atoms with Gasteiger partial charge in [0.2, 0.25) is 0 Å². The number of amides is 2. The lowest BCUT2D eigenvalue weighted by atomic mass is 10.0. The van der Waals surface area contributed by atoms with Crippen LogP contribution in [0.5, 0.6) is 17.2 Å². The highest BCUT2D eigenvalue weighted by Crippen LogP contribution is 2.36. The van der Waals surface area contributed by atoms with Crippen LogP contribution < -0.4 is 25.0 Å². The van der Waals surface area contributed by atoms with E-state index in [0.29, 0.717) is 39.1 Å². The summed E-state index contributed by atoms with van der Waals surface area (Å²) in [6.07, 6.45) is -0.719. The number of fused-ring (bicyclic) bond motifs is 1. The first-order valence-corrected chi connectivity index (χ1v) is 10.9. The number of anilines is 1. The Bertz CT molecular complexity index is 1230. The van der Waals surface area contributed by atoms with Gasteiger partial charge in [0.1, 0.15) is 11.9 Å². The molecule has 4 rings (SSSR count). The van der Waals surface area contributed by atoms with Gasteiger partial charge in [-0.15, -0.1) is 0 Å². The second kappa shape index (κ2) is 9.93. The van der Waals surface area contributed by atoms with Gasteiger partial charge in [-0.2, -0.15) is 0 Å². The third-order valence-electron chi connectivity index (χ3n) is 5.40. The summed E-state index contributed by atoms with van der Waals surface area (Å²) in [5, 5.41) is 4.93. The Balaban J connectivity index is 1.63. The SMILES string of the molecule is COc1ccc(C2Nc3ccc(Cl)cc3C(=O)N2NC(=O)COc2ccccc2C)cc1OC. The fourth-order valence-electron chi connectivity index (χ4n) is 3.68. The van der Waals surface area contributed by atoms with Crippen LogP contribution in [0, 0.1) is 6.92 Å². The number of nitrogens with one attached hydrogen (secondary N) is 2. The first kappa shape index (κ1) is 23.3. The Morgan fingerprint density at radius 2 is 1.79 bits per heavy atom. The number of carbonyl (C=O) groups excluding carboxylic acids is 2. The summed E-state index contributed by atoms with van der Waals surface area (Å²) in [6, 6.07) is 17.6. The van der Waals surface area contributed by atoms with Crippen molar-refractivity contribution in [3.63, 3.8) is 0 Å². The number of halogens is 1. The lowest BCUT2D eigenvalue weighted by molar-refractivity contribution is -0.127. The van der Waals surface area contributed by atoms with E-state index in [9.17, 15) is 9.59 Å². The fourth-order valence-corrected chi connectivity index (χ4v) is 3.85. The molecular weight excluding hydrogens is 458 g/mol. The summed E-state index contributed by atoms with van der Waals surface area (Å²) in [5.74, 6) is 0.719. The minimum atomic E-state index is -0.719. The van der Waals surface area contributed by atoms with Gasteiger partial charge >= 0.3 is 0 Å². The van der Waals surface area contributed by atoms with Gasteiger partial charge < -0.3 is 19.5 Å². The number of rotatable bonds is 7. The van der Waals surface area contributed by atoms with Gasteiger partial charge in [-0.05, 0) is 48.9 Å². The third-order valence-corrected chi connectivity index (χ3v) is 5.64. The highest BCUT2D eigenvalue weighted by molar-refractivity contribution is 6.31. The molecule has 8 nitrogen and oxygen atoms in total. The van der Waals surface area contributed by atoms with E-state index in [1.165, 1.54) is 12.1 Å². The van der Waals surface area contributed by atoms with E-state index in [1.54, 1.807) is 49.6 Å². The predicted molar refractivity (Wildman–Crippen MR) is 128 cm³/mol. The normalized spacial score (nSPS) is 14.6. The minimum Gasteiger partial charge on any atom is -0.493 e. The summed E-state index contributed by atoms with van der Waals surface area (Å²) in [7, 11) is 3.07. The summed E-state index contributed by atoms with van der Waals surface area (Å²) < 4.78 is 16.4. The van der Waals surface area contributed by atoms with Gasteiger partial charge in [0.25, 0.3) is 11.8 Å². The van der Waals surface area contributed by atoms with Crippen LogP contribution in [0.2, 0.25) is 5.02 Å². The van der Waals surface area contributed by atoms with Crippen molar-refractivity contribution >= 4 is 29.1 Å². The van der Waals surface area contributed by atoms with Crippen LogP contribution in [0.15, 0.2) is 60.7 Å². The number of carbonyl (C=O) groups is 2. The van der Waals surface area contributed by atoms with Crippen molar-refractivity contribution in [2.45, 2.75) is 13.1 Å². The Morgan fingerprint density at radius 1 is 1.03 bits per heavy atom. The standard InChI is InChI=1S/C25H24ClN3O5/c1-15-6-4-5-7-20(15)34-14-23(30)28-29-24(16-8-11-21(32-2)22(12-16)33-3)27-19-10-9-17(26)13-18(19)25(29)31/h4-13,24,27H,14H2,1-3H3,(H,28,30). The van der Waals surface area contributed by atoms with Crippen LogP contribution in [0.1, 0.15) is 27.7 Å². The first-order valence-electron chi connectivity index (χ1n) is 10.5. The molecule has 2 N–H and O–H groups in total. The molecule has 0 saturated carbocycles. The number of methoxy groups -OCH3 is 2. The van der Waals surface area contributed by atoms with Crippen molar-refractivity contribution in [3.8, 4) is 17.2 Å². The van der Waals surface area contributed by atoms with Gasteiger partial charge in [0.05, 0.1) is 19.8 Å². The zero-order valence-corrected chi connectivity index (χ0v) is 19.7. The van der Waals surface area contributed by atoms with E-state index in [-0.39, 0.29) is 6.61 Å². The van der Waals surface area contributed by atoms with Crippen LogP contribution in [-0.2, 0) is 4.79 Å². The zero-order valence-electron chi connectivity index (χ0n) is 18.9. The van der Waals surface area contributed by atoms with Gasteiger partial charge in [0.15, 0.2) is 18.1 Å². The molecule has 0 radical (unpaired) electrons. The average molecular weight is 482 g/mol. The maximum Gasteiger partial charge on any atom is 0.276 e. The Kier molecular flexibility index (Phi) is 6.79. The van der Waals surface area contributed by atoms with E-state index >= 15 is 0 Å². The second-order valence-electron chi connectivity index (χ2n) is 7.62.